The minimum atomic E-state index is -0.492. The molecular weight excluding hydrogens is 457 g/mol. The number of hydrogen-bond acceptors (Lipinski definition) is 4. The fourth-order valence-corrected chi connectivity index (χ4v) is 4.85. The standard InChI is InChI=1S/C27H27Cl2NO3/c1-4-15(2)33-27(32)24-16(3)30-22-13-19(17-5-9-20(28)10-6-17)14-23(31)26(22)25(24)18-7-11-21(29)12-8-18/h5-12,15,19,25,30H,4,13-14H2,1-3H3. The Morgan fingerprint density at radius 3 is 2.18 bits per heavy atom. The number of rotatable bonds is 5. The van der Waals surface area contributed by atoms with E-state index in [-0.39, 0.29) is 17.8 Å². The highest BCUT2D eigenvalue weighted by Crippen LogP contribution is 2.46. The Morgan fingerprint density at radius 1 is 1.03 bits per heavy atom. The summed E-state index contributed by atoms with van der Waals surface area (Å²) in [6, 6.07) is 15.0. The van der Waals surface area contributed by atoms with E-state index in [2.05, 4.69) is 5.32 Å². The zero-order chi connectivity index (χ0) is 23.7. The molecule has 1 N–H and O–H groups in total. The Morgan fingerprint density at radius 2 is 1.61 bits per heavy atom. The van der Waals surface area contributed by atoms with Crippen LogP contribution < -0.4 is 5.32 Å². The maximum absolute atomic E-state index is 13.6. The normalized spacial score (nSPS) is 21.4. The number of esters is 1. The van der Waals surface area contributed by atoms with Gasteiger partial charge in [0, 0.05) is 39.4 Å². The molecule has 2 aliphatic rings. The summed E-state index contributed by atoms with van der Waals surface area (Å²) in [4.78, 5) is 26.8. The smallest absolute Gasteiger partial charge is 0.337 e. The first kappa shape index (κ1) is 23.6. The van der Waals surface area contributed by atoms with E-state index in [0.29, 0.717) is 46.2 Å². The third-order valence-electron chi connectivity index (χ3n) is 6.48. The van der Waals surface area contributed by atoms with Crippen LogP contribution in [0.15, 0.2) is 71.1 Å². The predicted octanol–water partition coefficient (Wildman–Crippen LogP) is 6.70. The summed E-state index contributed by atoms with van der Waals surface area (Å²) in [6.07, 6.45) is 1.55. The molecule has 4 nitrogen and oxygen atoms in total. The summed E-state index contributed by atoms with van der Waals surface area (Å²) < 4.78 is 5.69. The second kappa shape index (κ2) is 9.74. The number of allylic oxidation sites excluding steroid dienone is 3. The fourth-order valence-electron chi connectivity index (χ4n) is 4.60. The summed E-state index contributed by atoms with van der Waals surface area (Å²) >= 11 is 12.2. The molecule has 4 rings (SSSR count). The highest BCUT2D eigenvalue weighted by molar-refractivity contribution is 6.30. The van der Waals surface area contributed by atoms with Crippen LogP contribution in [-0.2, 0) is 14.3 Å². The van der Waals surface area contributed by atoms with Gasteiger partial charge in [0.15, 0.2) is 5.78 Å². The van der Waals surface area contributed by atoms with E-state index >= 15 is 0 Å². The first-order valence-corrected chi connectivity index (χ1v) is 12.0. The zero-order valence-corrected chi connectivity index (χ0v) is 20.5. The van der Waals surface area contributed by atoms with E-state index in [9.17, 15) is 9.59 Å². The third kappa shape index (κ3) is 4.87. The predicted molar refractivity (Wildman–Crippen MR) is 131 cm³/mol. The topological polar surface area (TPSA) is 55.4 Å². The lowest BCUT2D eigenvalue weighted by molar-refractivity contribution is -0.144. The highest BCUT2D eigenvalue weighted by atomic mass is 35.5. The van der Waals surface area contributed by atoms with Gasteiger partial charge in [-0.2, -0.15) is 0 Å². The van der Waals surface area contributed by atoms with E-state index in [1.807, 2.05) is 57.2 Å². The van der Waals surface area contributed by atoms with Crippen molar-refractivity contribution in [1.82, 2.24) is 5.32 Å². The van der Waals surface area contributed by atoms with Gasteiger partial charge in [-0.1, -0.05) is 54.4 Å². The Kier molecular flexibility index (Phi) is 6.96. The first-order valence-electron chi connectivity index (χ1n) is 11.2. The van der Waals surface area contributed by atoms with Crippen LogP contribution in [0.2, 0.25) is 10.0 Å². The van der Waals surface area contributed by atoms with E-state index < -0.39 is 11.9 Å². The van der Waals surface area contributed by atoms with Crippen molar-refractivity contribution in [2.75, 3.05) is 0 Å². The summed E-state index contributed by atoms with van der Waals surface area (Å²) in [6.45, 7) is 5.71. The van der Waals surface area contributed by atoms with Crippen molar-refractivity contribution in [2.45, 2.75) is 58.0 Å². The quantitative estimate of drug-likeness (QED) is 0.480. The van der Waals surface area contributed by atoms with E-state index in [4.69, 9.17) is 27.9 Å². The molecule has 2 aromatic rings. The van der Waals surface area contributed by atoms with Gasteiger partial charge >= 0.3 is 5.97 Å². The molecule has 0 spiro atoms. The zero-order valence-electron chi connectivity index (χ0n) is 19.0. The summed E-state index contributed by atoms with van der Waals surface area (Å²) in [5, 5.41) is 4.65. The number of carbonyl (C=O) groups is 2. The maximum Gasteiger partial charge on any atom is 0.337 e. The minimum absolute atomic E-state index is 0.0324. The average molecular weight is 484 g/mol. The van der Waals surface area contributed by atoms with Crippen LogP contribution in [0.25, 0.3) is 0 Å². The SMILES string of the molecule is CCC(C)OC(=O)C1=C(C)NC2=C(C(=O)CC(c3ccc(Cl)cc3)C2)C1c1ccc(Cl)cc1. The van der Waals surface area contributed by atoms with Gasteiger partial charge in [0.05, 0.1) is 11.7 Å². The van der Waals surface area contributed by atoms with Gasteiger partial charge in [0.25, 0.3) is 0 Å². The van der Waals surface area contributed by atoms with E-state index in [1.165, 1.54) is 0 Å². The maximum atomic E-state index is 13.6. The van der Waals surface area contributed by atoms with Crippen LogP contribution in [-0.4, -0.2) is 17.9 Å². The van der Waals surface area contributed by atoms with Crippen LogP contribution in [0, 0.1) is 0 Å². The van der Waals surface area contributed by atoms with Gasteiger partial charge in [-0.3, -0.25) is 4.79 Å². The molecular formula is C27H27Cl2NO3. The van der Waals surface area contributed by atoms with Crippen molar-refractivity contribution in [3.63, 3.8) is 0 Å². The molecule has 0 bridgehead atoms. The van der Waals surface area contributed by atoms with Crippen molar-refractivity contribution in [1.29, 1.82) is 0 Å². The molecule has 2 aromatic carbocycles. The van der Waals surface area contributed by atoms with E-state index in [1.54, 1.807) is 12.1 Å². The Hall–Kier alpha value is -2.56. The summed E-state index contributed by atoms with van der Waals surface area (Å²) in [5.41, 5.74) is 4.63. The lowest BCUT2D eigenvalue weighted by Gasteiger charge is -2.37. The summed E-state index contributed by atoms with van der Waals surface area (Å²) in [5.74, 6) is -0.805. The van der Waals surface area contributed by atoms with Gasteiger partial charge in [0.2, 0.25) is 0 Å². The molecule has 0 saturated heterocycles. The first-order chi connectivity index (χ1) is 15.8. The Bertz CT molecular complexity index is 1130. The number of dihydropyridines is 1. The van der Waals surface area contributed by atoms with Gasteiger partial charge in [-0.25, -0.2) is 4.79 Å². The van der Waals surface area contributed by atoms with Gasteiger partial charge in [-0.05, 0) is 68.0 Å². The minimum Gasteiger partial charge on any atom is -0.459 e. The second-order valence-electron chi connectivity index (χ2n) is 8.74. The Labute approximate surface area is 204 Å². The molecule has 0 fully saturated rings. The van der Waals surface area contributed by atoms with Crippen molar-refractivity contribution >= 4 is 35.0 Å². The van der Waals surface area contributed by atoms with Crippen molar-refractivity contribution in [3.8, 4) is 0 Å². The molecule has 0 aromatic heterocycles. The van der Waals surface area contributed by atoms with Crippen LogP contribution in [0.3, 0.4) is 0 Å². The molecule has 33 heavy (non-hydrogen) atoms. The van der Waals surface area contributed by atoms with Gasteiger partial charge < -0.3 is 10.1 Å². The number of halogens is 2. The van der Waals surface area contributed by atoms with Crippen LogP contribution in [0.5, 0.6) is 0 Å². The highest BCUT2D eigenvalue weighted by Gasteiger charge is 2.41. The van der Waals surface area contributed by atoms with Crippen molar-refractivity contribution in [2.24, 2.45) is 0 Å². The fraction of sp³-hybridized carbons (Fsp3) is 0.333. The molecule has 3 unspecified atom stereocenters. The molecule has 0 saturated carbocycles. The average Bonchev–Trinajstić information content (AvgIpc) is 2.78. The van der Waals surface area contributed by atoms with Gasteiger partial charge in [0.1, 0.15) is 0 Å². The number of hydrogen-bond donors (Lipinski definition) is 1. The van der Waals surface area contributed by atoms with Crippen molar-refractivity contribution < 1.29 is 14.3 Å². The number of carbonyl (C=O) groups excluding carboxylic acids is 2. The number of benzene rings is 2. The molecule has 3 atom stereocenters. The molecule has 1 heterocycles. The second-order valence-corrected chi connectivity index (χ2v) is 9.62. The van der Waals surface area contributed by atoms with Crippen molar-refractivity contribution in [3.05, 3.63) is 92.2 Å². The number of ether oxygens (including phenoxy) is 1. The van der Waals surface area contributed by atoms with E-state index in [0.717, 1.165) is 16.8 Å². The largest absolute Gasteiger partial charge is 0.459 e. The number of Topliss-reactive ketones (excluding diaryl/α,β-unsaturated/α-hetero) is 1. The Balaban J connectivity index is 1.76. The number of nitrogens with one attached hydrogen (secondary N) is 1. The molecule has 6 heteroatoms. The van der Waals surface area contributed by atoms with Crippen LogP contribution in [0.4, 0.5) is 0 Å². The molecule has 1 aliphatic heterocycles. The third-order valence-corrected chi connectivity index (χ3v) is 6.98. The molecule has 0 amide bonds. The van der Waals surface area contributed by atoms with Crippen LogP contribution in [0.1, 0.15) is 63.0 Å². The lowest BCUT2D eigenvalue weighted by atomic mass is 9.72. The molecule has 0 radical (unpaired) electrons. The lowest BCUT2D eigenvalue weighted by Crippen LogP contribution is -2.36. The van der Waals surface area contributed by atoms with Gasteiger partial charge in [-0.15, -0.1) is 0 Å². The number of ketones is 1. The van der Waals surface area contributed by atoms with Crippen LogP contribution >= 0.6 is 23.2 Å². The molecule has 1 aliphatic carbocycles. The monoisotopic (exact) mass is 483 g/mol. The molecule has 172 valence electrons. The summed E-state index contributed by atoms with van der Waals surface area (Å²) in [7, 11) is 0.